The topological polar surface area (TPSA) is 216 Å². The maximum absolute atomic E-state index is 11.9. The molecule has 0 amide bonds. The highest BCUT2D eigenvalue weighted by Crippen LogP contribution is 2.28. The quantitative estimate of drug-likeness (QED) is 0.139. The van der Waals surface area contributed by atoms with Gasteiger partial charge < -0.3 is 59.8 Å². The average molecular weight is 488 g/mol. The first-order chi connectivity index (χ1) is 16.1. The SMILES string of the molecule is O=C(/C=C/c1ccc(O)cc1)OC[C@@H]1O[C@H](O)[C@@H](O[C@@H]2O[C@H](CO)[C@@H](O)[C@@H](O)[C@@H]2O)[C@H](O)[C@H]1O. The van der Waals surface area contributed by atoms with Crippen LogP contribution in [0.25, 0.3) is 6.08 Å². The number of aliphatic hydroxyl groups excluding tert-OH is 7. The first-order valence-electron chi connectivity index (χ1n) is 10.4. The zero-order chi connectivity index (χ0) is 25.0. The number of carbonyl (C=O) groups excluding carboxylic acids is 1. The van der Waals surface area contributed by atoms with Gasteiger partial charge in [0.15, 0.2) is 12.6 Å². The first kappa shape index (κ1) is 26.4. The minimum absolute atomic E-state index is 0.0640. The number of hydrogen-bond acceptors (Lipinski definition) is 13. The van der Waals surface area contributed by atoms with Crippen molar-refractivity contribution >= 4 is 12.0 Å². The number of benzene rings is 1. The van der Waals surface area contributed by atoms with Gasteiger partial charge in [0.05, 0.1) is 6.61 Å². The molecule has 2 fully saturated rings. The summed E-state index contributed by atoms with van der Waals surface area (Å²) in [5.41, 5.74) is 0.614. The normalized spacial score (nSPS) is 38.7. The Balaban J connectivity index is 1.54. The third kappa shape index (κ3) is 6.09. The van der Waals surface area contributed by atoms with Gasteiger partial charge in [-0.2, -0.15) is 0 Å². The molecule has 34 heavy (non-hydrogen) atoms. The van der Waals surface area contributed by atoms with Crippen molar-refractivity contribution in [3.05, 3.63) is 35.9 Å². The zero-order valence-corrected chi connectivity index (χ0v) is 17.8. The fraction of sp³-hybridized carbons (Fsp3) is 0.571. The summed E-state index contributed by atoms with van der Waals surface area (Å²) in [4.78, 5) is 11.9. The van der Waals surface area contributed by atoms with Crippen LogP contribution in [0.5, 0.6) is 5.75 Å². The van der Waals surface area contributed by atoms with Crippen LogP contribution in [-0.2, 0) is 23.7 Å². The summed E-state index contributed by atoms with van der Waals surface area (Å²) in [6.45, 7) is -1.24. The van der Waals surface area contributed by atoms with Crippen molar-refractivity contribution in [3.63, 3.8) is 0 Å². The average Bonchev–Trinajstić information content (AvgIpc) is 2.82. The van der Waals surface area contributed by atoms with Crippen LogP contribution in [0.15, 0.2) is 30.3 Å². The van der Waals surface area contributed by atoms with E-state index in [1.165, 1.54) is 18.2 Å². The molecule has 2 heterocycles. The number of aromatic hydroxyl groups is 1. The Morgan fingerprint density at radius 1 is 0.882 bits per heavy atom. The van der Waals surface area contributed by atoms with Crippen molar-refractivity contribution in [2.75, 3.05) is 13.2 Å². The first-order valence-corrected chi connectivity index (χ1v) is 10.4. The molecule has 2 aliphatic heterocycles. The van der Waals surface area contributed by atoms with Crippen LogP contribution < -0.4 is 0 Å². The molecule has 2 aliphatic rings. The van der Waals surface area contributed by atoms with Crippen molar-refractivity contribution in [2.45, 2.75) is 61.4 Å². The Bertz CT molecular complexity index is 828. The highest BCUT2D eigenvalue weighted by atomic mass is 16.7. The number of aliphatic hydroxyl groups is 7. The lowest BCUT2D eigenvalue weighted by Gasteiger charge is -2.45. The number of phenols is 1. The molecule has 1 aromatic carbocycles. The minimum atomic E-state index is -1.86. The lowest BCUT2D eigenvalue weighted by atomic mass is 9.97. The van der Waals surface area contributed by atoms with Crippen molar-refractivity contribution in [2.24, 2.45) is 0 Å². The van der Waals surface area contributed by atoms with E-state index in [0.717, 1.165) is 6.08 Å². The van der Waals surface area contributed by atoms with Gasteiger partial charge in [0.25, 0.3) is 0 Å². The third-order valence-electron chi connectivity index (χ3n) is 5.50. The summed E-state index contributed by atoms with van der Waals surface area (Å²) in [5, 5.41) is 79.1. The number of hydrogen-bond donors (Lipinski definition) is 8. The van der Waals surface area contributed by atoms with E-state index in [0.29, 0.717) is 5.56 Å². The molecule has 0 spiro atoms. The van der Waals surface area contributed by atoms with E-state index in [9.17, 15) is 45.6 Å². The van der Waals surface area contributed by atoms with Gasteiger partial charge in [0, 0.05) is 6.08 Å². The smallest absolute Gasteiger partial charge is 0.330 e. The molecule has 0 unspecified atom stereocenters. The van der Waals surface area contributed by atoms with Crippen LogP contribution in [0.3, 0.4) is 0 Å². The summed E-state index contributed by atoms with van der Waals surface area (Å²) in [7, 11) is 0. The molecule has 1 aromatic rings. The largest absolute Gasteiger partial charge is 0.508 e. The molecule has 0 radical (unpaired) electrons. The molecule has 2 saturated heterocycles. The fourth-order valence-corrected chi connectivity index (χ4v) is 3.50. The molecule has 10 atom stereocenters. The van der Waals surface area contributed by atoms with Crippen LogP contribution >= 0.6 is 0 Å². The zero-order valence-electron chi connectivity index (χ0n) is 17.8. The summed E-state index contributed by atoms with van der Waals surface area (Å²) in [6.07, 6.45) is -13.9. The molecule has 13 nitrogen and oxygen atoms in total. The second kappa shape index (κ2) is 11.5. The number of ether oxygens (including phenoxy) is 4. The molecule has 0 aromatic heterocycles. The molecule has 190 valence electrons. The molecular weight excluding hydrogens is 460 g/mol. The van der Waals surface area contributed by atoms with Gasteiger partial charge in [-0.3, -0.25) is 0 Å². The maximum atomic E-state index is 11.9. The van der Waals surface area contributed by atoms with Gasteiger partial charge in [-0.25, -0.2) is 4.79 Å². The second-order valence-electron chi connectivity index (χ2n) is 7.90. The summed E-state index contributed by atoms with van der Waals surface area (Å²) in [5.74, 6) is -0.735. The van der Waals surface area contributed by atoms with E-state index in [4.69, 9.17) is 18.9 Å². The monoisotopic (exact) mass is 488 g/mol. The third-order valence-corrected chi connectivity index (χ3v) is 5.50. The molecule has 0 aliphatic carbocycles. The van der Waals surface area contributed by atoms with Gasteiger partial charge in [0.2, 0.25) is 0 Å². The number of esters is 1. The highest BCUT2D eigenvalue weighted by Gasteiger charge is 2.50. The molecule has 8 N–H and O–H groups in total. The lowest BCUT2D eigenvalue weighted by molar-refractivity contribution is -0.361. The summed E-state index contributed by atoms with van der Waals surface area (Å²) >= 11 is 0. The van der Waals surface area contributed by atoms with E-state index < -0.39 is 80.6 Å². The van der Waals surface area contributed by atoms with E-state index in [1.807, 2.05) is 0 Å². The van der Waals surface area contributed by atoms with Crippen LogP contribution in [0.4, 0.5) is 0 Å². The Morgan fingerprint density at radius 2 is 1.53 bits per heavy atom. The Morgan fingerprint density at radius 3 is 2.18 bits per heavy atom. The molecule has 0 bridgehead atoms. The van der Waals surface area contributed by atoms with Gasteiger partial charge >= 0.3 is 5.97 Å². The van der Waals surface area contributed by atoms with Gasteiger partial charge in [-0.15, -0.1) is 0 Å². The van der Waals surface area contributed by atoms with Crippen molar-refractivity contribution < 1.29 is 64.6 Å². The van der Waals surface area contributed by atoms with Gasteiger partial charge in [-0.1, -0.05) is 12.1 Å². The highest BCUT2D eigenvalue weighted by molar-refractivity contribution is 5.87. The van der Waals surface area contributed by atoms with Crippen LogP contribution in [0.2, 0.25) is 0 Å². The number of rotatable bonds is 7. The van der Waals surface area contributed by atoms with Crippen LogP contribution in [-0.4, -0.2) is 121 Å². The summed E-state index contributed by atoms with van der Waals surface area (Å²) in [6, 6.07) is 6.00. The van der Waals surface area contributed by atoms with Gasteiger partial charge in [0.1, 0.15) is 61.2 Å². The van der Waals surface area contributed by atoms with E-state index in [1.54, 1.807) is 12.1 Å². The van der Waals surface area contributed by atoms with E-state index >= 15 is 0 Å². The Hall–Kier alpha value is -2.17. The minimum Gasteiger partial charge on any atom is -0.508 e. The number of carbonyl (C=O) groups is 1. The Labute approximate surface area is 193 Å². The molecule has 13 heteroatoms. The van der Waals surface area contributed by atoms with Crippen molar-refractivity contribution in [1.29, 1.82) is 0 Å². The molecule has 3 rings (SSSR count). The fourth-order valence-electron chi connectivity index (χ4n) is 3.50. The predicted octanol–water partition coefficient (Wildman–Crippen LogP) is -3.43. The van der Waals surface area contributed by atoms with Crippen LogP contribution in [0.1, 0.15) is 5.56 Å². The van der Waals surface area contributed by atoms with Crippen LogP contribution in [0, 0.1) is 0 Å². The molecular formula is C21H28O13. The second-order valence-corrected chi connectivity index (χ2v) is 7.90. The Kier molecular flexibility index (Phi) is 8.95. The van der Waals surface area contributed by atoms with Gasteiger partial charge in [-0.05, 0) is 23.8 Å². The predicted molar refractivity (Wildman–Crippen MR) is 110 cm³/mol. The van der Waals surface area contributed by atoms with Crippen molar-refractivity contribution in [3.8, 4) is 5.75 Å². The molecule has 0 saturated carbocycles. The van der Waals surface area contributed by atoms with E-state index in [-0.39, 0.29) is 5.75 Å². The lowest BCUT2D eigenvalue weighted by Crippen LogP contribution is -2.64. The number of phenolic OH excluding ortho intramolecular Hbond substituents is 1. The maximum Gasteiger partial charge on any atom is 0.330 e. The standard InChI is InChI=1S/C21H28O13/c22-7-11-14(25)16(27)18(29)21(33-11)34-19-17(28)15(26)12(32-20(19)30)8-31-13(24)6-3-9-1-4-10(23)5-2-9/h1-6,11-12,14-23,25-30H,7-8H2/b6-3+/t11-,12+,14-,15+,16-,17-,18+,19+,20+,21+/m1/s1. The van der Waals surface area contributed by atoms with Crippen molar-refractivity contribution in [1.82, 2.24) is 0 Å². The van der Waals surface area contributed by atoms with E-state index in [2.05, 4.69) is 0 Å². The summed E-state index contributed by atoms with van der Waals surface area (Å²) < 4.78 is 20.6.